The Bertz CT molecular complexity index is 1530. The molecule has 0 radical (unpaired) electrons. The fourth-order valence-corrected chi connectivity index (χ4v) is 4.82. The van der Waals surface area contributed by atoms with E-state index in [0.717, 1.165) is 21.7 Å². The summed E-state index contributed by atoms with van der Waals surface area (Å²) < 4.78 is 16.0. The summed E-state index contributed by atoms with van der Waals surface area (Å²) in [6.45, 7) is -0.461. The molecule has 192 valence electrons. The Morgan fingerprint density at radius 2 is 1.87 bits per heavy atom. The number of aromatic nitrogens is 2. The predicted octanol–water partition coefficient (Wildman–Crippen LogP) is 4.64. The van der Waals surface area contributed by atoms with E-state index in [1.165, 1.54) is 17.2 Å². The maximum absolute atomic E-state index is 13.2. The van der Waals surface area contributed by atoms with Crippen molar-refractivity contribution in [3.8, 4) is 11.5 Å². The minimum Gasteiger partial charge on any atom is -0.493 e. The summed E-state index contributed by atoms with van der Waals surface area (Å²) in [7, 11) is 3.12. The van der Waals surface area contributed by atoms with Gasteiger partial charge in [0, 0.05) is 12.5 Å². The molecular formula is C28H24N4O5S. The molecular weight excluding hydrogens is 504 g/mol. The van der Waals surface area contributed by atoms with Crippen LogP contribution in [0.1, 0.15) is 28.6 Å². The van der Waals surface area contributed by atoms with E-state index >= 15 is 0 Å². The fourth-order valence-electron chi connectivity index (χ4n) is 4.10. The number of hydrogen-bond donors (Lipinski definition) is 0. The standard InChI is InChI=1S/C28H24N4O5S/c1-35-24-11-9-18(14-25(24)36-2)23-15-22(26-8-5-13-38-26)31-32(23)27(33)17-37-28(34)12-10-19-16-29-20-6-3-4-7-21(20)30-19/h3-14,16,23H,15,17H2,1-2H3/b12-10+/t23-/m1/s1. The highest BCUT2D eigenvalue weighted by Crippen LogP contribution is 2.37. The van der Waals surface area contributed by atoms with Gasteiger partial charge in [-0.15, -0.1) is 11.3 Å². The Balaban J connectivity index is 1.30. The van der Waals surface area contributed by atoms with E-state index in [0.29, 0.717) is 29.1 Å². The van der Waals surface area contributed by atoms with Crippen LogP contribution in [0, 0.1) is 0 Å². The van der Waals surface area contributed by atoms with Crippen LogP contribution in [-0.2, 0) is 14.3 Å². The highest BCUT2D eigenvalue weighted by atomic mass is 32.1. The van der Waals surface area contributed by atoms with Gasteiger partial charge >= 0.3 is 5.97 Å². The number of methoxy groups -OCH3 is 2. The quantitative estimate of drug-likeness (QED) is 0.242. The summed E-state index contributed by atoms with van der Waals surface area (Å²) in [5.41, 5.74) is 3.59. The zero-order chi connectivity index (χ0) is 26.5. The highest BCUT2D eigenvalue weighted by Gasteiger charge is 2.34. The number of fused-ring (bicyclic) bond motifs is 1. The predicted molar refractivity (Wildman–Crippen MR) is 144 cm³/mol. The molecule has 10 heteroatoms. The second-order valence-electron chi connectivity index (χ2n) is 8.32. The van der Waals surface area contributed by atoms with Gasteiger partial charge in [0.25, 0.3) is 5.91 Å². The summed E-state index contributed by atoms with van der Waals surface area (Å²) in [5, 5.41) is 7.94. The molecule has 3 heterocycles. The maximum Gasteiger partial charge on any atom is 0.331 e. The average molecular weight is 529 g/mol. The number of amides is 1. The van der Waals surface area contributed by atoms with Gasteiger partial charge in [-0.3, -0.25) is 9.78 Å². The molecule has 0 aliphatic carbocycles. The molecule has 1 aliphatic heterocycles. The molecule has 1 atom stereocenters. The Morgan fingerprint density at radius 1 is 1.05 bits per heavy atom. The largest absolute Gasteiger partial charge is 0.493 e. The minimum atomic E-state index is -0.669. The SMILES string of the molecule is COc1ccc([C@H]2CC(c3cccs3)=NN2C(=O)COC(=O)/C=C/c2cnc3ccccc3n2)cc1OC. The zero-order valence-corrected chi connectivity index (χ0v) is 21.6. The van der Waals surface area contributed by atoms with Crippen molar-refractivity contribution in [2.75, 3.05) is 20.8 Å². The first-order valence-corrected chi connectivity index (χ1v) is 12.7. The molecule has 1 aliphatic rings. The maximum atomic E-state index is 13.2. The van der Waals surface area contributed by atoms with Crippen molar-refractivity contribution >= 4 is 46.0 Å². The van der Waals surface area contributed by atoms with Crippen LogP contribution in [0.25, 0.3) is 17.1 Å². The Hall–Kier alpha value is -4.57. The molecule has 2 aromatic carbocycles. The fraction of sp³-hybridized carbons (Fsp3) is 0.179. The van der Waals surface area contributed by atoms with E-state index in [1.807, 2.05) is 53.9 Å². The lowest BCUT2D eigenvalue weighted by Crippen LogP contribution is -2.31. The van der Waals surface area contributed by atoms with E-state index < -0.39 is 18.5 Å². The number of hydrazone groups is 1. The van der Waals surface area contributed by atoms with Crippen LogP contribution >= 0.6 is 11.3 Å². The average Bonchev–Trinajstić information content (AvgIpc) is 3.65. The molecule has 4 aromatic rings. The van der Waals surface area contributed by atoms with Crippen molar-refractivity contribution in [3.63, 3.8) is 0 Å². The van der Waals surface area contributed by atoms with Gasteiger partial charge in [0.05, 0.1) is 53.8 Å². The first-order chi connectivity index (χ1) is 18.6. The minimum absolute atomic E-state index is 0.387. The smallest absolute Gasteiger partial charge is 0.331 e. The third-order valence-corrected chi connectivity index (χ3v) is 6.88. The van der Waals surface area contributed by atoms with E-state index in [-0.39, 0.29) is 6.04 Å². The van der Waals surface area contributed by atoms with Crippen LogP contribution < -0.4 is 9.47 Å². The van der Waals surface area contributed by atoms with Crippen LogP contribution in [0.15, 0.2) is 77.4 Å². The number of carbonyl (C=O) groups excluding carboxylic acids is 2. The summed E-state index contributed by atoms with van der Waals surface area (Å²) in [6, 6.07) is 16.4. The molecule has 0 N–H and O–H groups in total. The lowest BCUT2D eigenvalue weighted by Gasteiger charge is -2.22. The molecule has 38 heavy (non-hydrogen) atoms. The van der Waals surface area contributed by atoms with Gasteiger partial charge in [-0.1, -0.05) is 24.3 Å². The Kier molecular flexibility index (Phi) is 7.41. The molecule has 0 unspecified atom stereocenters. The van der Waals surface area contributed by atoms with Crippen LogP contribution in [0.2, 0.25) is 0 Å². The van der Waals surface area contributed by atoms with Crippen molar-refractivity contribution in [1.29, 1.82) is 0 Å². The lowest BCUT2D eigenvalue weighted by molar-refractivity contribution is -0.149. The van der Waals surface area contributed by atoms with Crippen LogP contribution in [0.3, 0.4) is 0 Å². The first kappa shape index (κ1) is 25.1. The molecule has 1 amide bonds. The monoisotopic (exact) mass is 528 g/mol. The first-order valence-electron chi connectivity index (χ1n) is 11.8. The molecule has 0 saturated heterocycles. The number of hydrogen-bond acceptors (Lipinski definition) is 9. The number of benzene rings is 2. The van der Waals surface area contributed by atoms with Gasteiger partial charge in [0.15, 0.2) is 18.1 Å². The van der Waals surface area contributed by atoms with Gasteiger partial charge in [-0.2, -0.15) is 5.10 Å². The van der Waals surface area contributed by atoms with Crippen molar-refractivity contribution < 1.29 is 23.8 Å². The van der Waals surface area contributed by atoms with E-state index in [1.54, 1.807) is 37.8 Å². The van der Waals surface area contributed by atoms with Crippen LogP contribution in [0.5, 0.6) is 11.5 Å². The van der Waals surface area contributed by atoms with Gasteiger partial charge in [0.2, 0.25) is 0 Å². The third kappa shape index (κ3) is 5.40. The molecule has 0 fully saturated rings. The molecule has 0 saturated carbocycles. The van der Waals surface area contributed by atoms with E-state index in [2.05, 4.69) is 15.1 Å². The van der Waals surface area contributed by atoms with Crippen LogP contribution in [0.4, 0.5) is 0 Å². The number of nitrogens with zero attached hydrogens (tertiary/aromatic N) is 4. The van der Waals surface area contributed by atoms with Gasteiger partial charge in [-0.05, 0) is 47.4 Å². The normalized spacial score (nSPS) is 15.1. The number of para-hydroxylation sites is 2. The number of esters is 1. The summed E-state index contributed by atoms with van der Waals surface area (Å²) in [4.78, 5) is 35.3. The lowest BCUT2D eigenvalue weighted by atomic mass is 10.0. The number of ether oxygens (including phenoxy) is 3. The Morgan fingerprint density at radius 3 is 2.63 bits per heavy atom. The van der Waals surface area contributed by atoms with E-state index in [4.69, 9.17) is 14.2 Å². The van der Waals surface area contributed by atoms with Crippen molar-refractivity contribution in [3.05, 3.63) is 88.4 Å². The molecule has 0 spiro atoms. The molecule has 9 nitrogen and oxygen atoms in total. The topological polar surface area (TPSA) is 103 Å². The van der Waals surface area contributed by atoms with Crippen molar-refractivity contribution in [2.24, 2.45) is 5.10 Å². The Labute approximate surface area is 223 Å². The molecule has 5 rings (SSSR count). The highest BCUT2D eigenvalue weighted by molar-refractivity contribution is 7.12. The van der Waals surface area contributed by atoms with Crippen molar-refractivity contribution in [1.82, 2.24) is 15.0 Å². The number of rotatable bonds is 8. The summed E-state index contributed by atoms with van der Waals surface area (Å²) in [6.07, 6.45) is 4.80. The van der Waals surface area contributed by atoms with Gasteiger partial charge < -0.3 is 14.2 Å². The summed E-state index contributed by atoms with van der Waals surface area (Å²) >= 11 is 1.55. The van der Waals surface area contributed by atoms with Gasteiger partial charge in [0.1, 0.15) is 0 Å². The van der Waals surface area contributed by atoms with E-state index in [9.17, 15) is 9.59 Å². The van der Waals surface area contributed by atoms with Crippen molar-refractivity contribution in [2.45, 2.75) is 12.5 Å². The second kappa shape index (κ2) is 11.2. The van der Waals surface area contributed by atoms with Crippen LogP contribution in [-0.4, -0.2) is 53.4 Å². The summed E-state index contributed by atoms with van der Waals surface area (Å²) in [5.74, 6) is 0.0277. The molecule has 2 aromatic heterocycles. The zero-order valence-electron chi connectivity index (χ0n) is 20.7. The number of carbonyl (C=O) groups is 2. The van der Waals surface area contributed by atoms with Gasteiger partial charge in [-0.25, -0.2) is 14.8 Å². The molecule has 0 bridgehead atoms. The number of thiophene rings is 1. The third-order valence-electron chi connectivity index (χ3n) is 5.96. The second-order valence-corrected chi connectivity index (χ2v) is 9.27.